The average molecular weight is 352 g/mol. The van der Waals surface area contributed by atoms with E-state index < -0.39 is 6.10 Å². The maximum Gasteiger partial charge on any atom is 0.162 e. The van der Waals surface area contributed by atoms with Crippen LogP contribution in [-0.2, 0) is 6.54 Å². The van der Waals surface area contributed by atoms with E-state index in [0.717, 1.165) is 22.7 Å². The zero-order chi connectivity index (χ0) is 16.6. The molecule has 0 aliphatic carbocycles. The molecule has 120 valence electrons. The molecule has 0 amide bonds. The smallest absolute Gasteiger partial charge is 0.162 e. The molecular formula is C15H14ClN3O3S. The van der Waals surface area contributed by atoms with Gasteiger partial charge in [-0.1, -0.05) is 11.6 Å². The minimum absolute atomic E-state index is 0.186. The number of benzene rings is 1. The van der Waals surface area contributed by atoms with E-state index >= 15 is 0 Å². The molecule has 2 heterocycles. The van der Waals surface area contributed by atoms with Crippen molar-refractivity contribution in [2.75, 3.05) is 25.7 Å². The Balaban J connectivity index is 2.08. The standard InChI is InChI=1S/C15H14ClN3O3S/c1-21-11-3-4-12(22-2)13-9(11)6-19(7-10(13)20)15-8(5-17)14(16)18-23-15/h3-4,10,20H,6-7H2,1-2H3/t10-/m1/s1. The van der Waals surface area contributed by atoms with Crippen molar-refractivity contribution >= 4 is 28.1 Å². The molecule has 8 heteroatoms. The van der Waals surface area contributed by atoms with E-state index in [2.05, 4.69) is 10.4 Å². The summed E-state index contributed by atoms with van der Waals surface area (Å²) in [6.07, 6.45) is -0.767. The lowest BCUT2D eigenvalue weighted by atomic mass is 9.95. The summed E-state index contributed by atoms with van der Waals surface area (Å²) in [5.41, 5.74) is 1.88. The van der Waals surface area contributed by atoms with Gasteiger partial charge in [-0.3, -0.25) is 0 Å². The van der Waals surface area contributed by atoms with Crippen molar-refractivity contribution in [3.63, 3.8) is 0 Å². The van der Waals surface area contributed by atoms with Crippen LogP contribution in [0.15, 0.2) is 12.1 Å². The highest BCUT2D eigenvalue weighted by molar-refractivity contribution is 7.10. The van der Waals surface area contributed by atoms with Gasteiger partial charge in [-0.2, -0.15) is 9.64 Å². The van der Waals surface area contributed by atoms with Crippen molar-refractivity contribution in [3.05, 3.63) is 34.0 Å². The Morgan fingerprint density at radius 2 is 2.09 bits per heavy atom. The summed E-state index contributed by atoms with van der Waals surface area (Å²) in [5, 5.41) is 20.7. The minimum atomic E-state index is -0.767. The zero-order valence-corrected chi connectivity index (χ0v) is 14.1. The summed E-state index contributed by atoms with van der Waals surface area (Å²) in [4.78, 5) is 1.89. The third kappa shape index (κ3) is 2.59. The van der Waals surface area contributed by atoms with Crippen molar-refractivity contribution in [2.45, 2.75) is 12.6 Å². The van der Waals surface area contributed by atoms with Gasteiger partial charge >= 0.3 is 0 Å². The van der Waals surface area contributed by atoms with Crippen molar-refractivity contribution in [1.29, 1.82) is 5.26 Å². The minimum Gasteiger partial charge on any atom is -0.496 e. The second-order valence-electron chi connectivity index (χ2n) is 5.02. The van der Waals surface area contributed by atoms with Crippen LogP contribution in [0.1, 0.15) is 22.8 Å². The number of nitriles is 1. The van der Waals surface area contributed by atoms with E-state index in [9.17, 15) is 10.4 Å². The highest BCUT2D eigenvalue weighted by Gasteiger charge is 2.32. The Morgan fingerprint density at radius 3 is 2.74 bits per heavy atom. The molecule has 3 rings (SSSR count). The first-order valence-corrected chi connectivity index (χ1v) is 7.97. The lowest BCUT2D eigenvalue weighted by Gasteiger charge is -2.34. The maximum absolute atomic E-state index is 10.6. The molecule has 0 bridgehead atoms. The number of methoxy groups -OCH3 is 2. The summed E-state index contributed by atoms with van der Waals surface area (Å²) in [7, 11) is 3.15. The fourth-order valence-corrected chi connectivity index (χ4v) is 3.84. The van der Waals surface area contributed by atoms with Gasteiger partial charge in [-0.25, -0.2) is 0 Å². The molecular weight excluding hydrogens is 338 g/mol. The van der Waals surface area contributed by atoms with Crippen LogP contribution in [0.3, 0.4) is 0 Å². The van der Waals surface area contributed by atoms with E-state index in [4.69, 9.17) is 21.1 Å². The van der Waals surface area contributed by atoms with E-state index in [1.165, 1.54) is 0 Å². The highest BCUT2D eigenvalue weighted by atomic mass is 35.5. The first-order chi connectivity index (χ1) is 11.1. The number of fused-ring (bicyclic) bond motifs is 1. The summed E-state index contributed by atoms with van der Waals surface area (Å²) in [6.45, 7) is 0.795. The number of ether oxygens (including phenoxy) is 2. The van der Waals surface area contributed by atoms with E-state index in [1.807, 2.05) is 4.90 Å². The molecule has 1 aromatic carbocycles. The number of halogens is 1. The highest BCUT2D eigenvalue weighted by Crippen LogP contribution is 2.42. The first kappa shape index (κ1) is 15.9. The Hall–Kier alpha value is -2.01. The molecule has 0 radical (unpaired) electrons. The molecule has 23 heavy (non-hydrogen) atoms. The van der Waals surface area contributed by atoms with Gasteiger partial charge in [-0.05, 0) is 23.7 Å². The number of nitrogens with zero attached hydrogens (tertiary/aromatic N) is 3. The number of anilines is 1. The third-order valence-electron chi connectivity index (χ3n) is 3.82. The molecule has 1 aliphatic rings. The predicted molar refractivity (Wildman–Crippen MR) is 87.4 cm³/mol. The number of hydrogen-bond donors (Lipinski definition) is 1. The number of aromatic nitrogens is 1. The van der Waals surface area contributed by atoms with Gasteiger partial charge in [0, 0.05) is 24.2 Å². The average Bonchev–Trinajstić information content (AvgIpc) is 2.94. The van der Waals surface area contributed by atoms with Crippen LogP contribution in [0.4, 0.5) is 5.00 Å². The third-order valence-corrected chi connectivity index (χ3v) is 5.10. The van der Waals surface area contributed by atoms with Crippen LogP contribution in [0.2, 0.25) is 5.15 Å². The van der Waals surface area contributed by atoms with Gasteiger partial charge in [0.1, 0.15) is 34.2 Å². The summed E-state index contributed by atoms with van der Waals surface area (Å²) in [5.74, 6) is 1.29. The summed E-state index contributed by atoms with van der Waals surface area (Å²) >= 11 is 7.10. The molecule has 1 aromatic heterocycles. The Morgan fingerprint density at radius 1 is 1.39 bits per heavy atom. The normalized spacial score (nSPS) is 16.7. The molecule has 6 nitrogen and oxygen atoms in total. The molecule has 1 atom stereocenters. The second-order valence-corrected chi connectivity index (χ2v) is 6.13. The predicted octanol–water partition coefficient (Wildman–Crippen LogP) is 2.74. The van der Waals surface area contributed by atoms with E-state index in [1.54, 1.807) is 26.4 Å². The maximum atomic E-state index is 10.6. The largest absolute Gasteiger partial charge is 0.496 e. The van der Waals surface area contributed by atoms with Gasteiger partial charge in [0.2, 0.25) is 0 Å². The van der Waals surface area contributed by atoms with Crippen molar-refractivity contribution in [3.8, 4) is 17.6 Å². The van der Waals surface area contributed by atoms with Crippen molar-refractivity contribution in [1.82, 2.24) is 4.37 Å². The van der Waals surface area contributed by atoms with Crippen molar-refractivity contribution in [2.24, 2.45) is 0 Å². The number of aliphatic hydroxyl groups excluding tert-OH is 1. The van der Waals surface area contributed by atoms with Gasteiger partial charge in [-0.15, -0.1) is 0 Å². The number of hydrogen-bond acceptors (Lipinski definition) is 7. The van der Waals surface area contributed by atoms with Gasteiger partial charge < -0.3 is 19.5 Å². The number of aliphatic hydroxyl groups is 1. The Kier molecular flexibility index (Phi) is 4.31. The molecule has 0 saturated heterocycles. The fourth-order valence-electron chi connectivity index (χ4n) is 2.80. The number of β-amino-alcohol motifs (C(OH)–C–C–N with tert-alkyl or cyclic N) is 1. The van der Waals surface area contributed by atoms with Gasteiger partial charge in [0.05, 0.1) is 14.2 Å². The van der Waals surface area contributed by atoms with Crippen LogP contribution in [0.25, 0.3) is 0 Å². The van der Waals surface area contributed by atoms with Crippen LogP contribution in [-0.4, -0.2) is 30.2 Å². The van der Waals surface area contributed by atoms with Crippen LogP contribution in [0.5, 0.6) is 11.5 Å². The van der Waals surface area contributed by atoms with Crippen LogP contribution in [0, 0.1) is 11.3 Å². The van der Waals surface area contributed by atoms with E-state index in [-0.39, 0.29) is 5.15 Å². The summed E-state index contributed by atoms with van der Waals surface area (Å²) in [6, 6.07) is 5.65. The second kappa shape index (κ2) is 6.24. The SMILES string of the molecule is COc1ccc(OC)c2c1CN(c1snc(Cl)c1C#N)C[C@H]2O. The van der Waals surface area contributed by atoms with Crippen LogP contribution >= 0.6 is 23.1 Å². The number of rotatable bonds is 3. The van der Waals surface area contributed by atoms with Gasteiger partial charge in [0.25, 0.3) is 0 Å². The summed E-state index contributed by atoms with van der Waals surface area (Å²) < 4.78 is 14.8. The molecule has 1 aliphatic heterocycles. The molecule has 0 fully saturated rings. The first-order valence-electron chi connectivity index (χ1n) is 6.82. The molecule has 0 saturated carbocycles. The zero-order valence-electron chi connectivity index (χ0n) is 12.5. The van der Waals surface area contributed by atoms with Crippen LogP contribution < -0.4 is 14.4 Å². The van der Waals surface area contributed by atoms with E-state index in [0.29, 0.717) is 35.2 Å². The monoisotopic (exact) mass is 351 g/mol. The molecule has 0 spiro atoms. The quantitative estimate of drug-likeness (QED) is 0.916. The van der Waals surface area contributed by atoms with Crippen molar-refractivity contribution < 1.29 is 14.6 Å². The Bertz CT molecular complexity index is 787. The molecule has 1 N–H and O–H groups in total. The lowest BCUT2D eigenvalue weighted by Crippen LogP contribution is -2.34. The van der Waals surface area contributed by atoms with Gasteiger partial charge in [0.15, 0.2) is 5.15 Å². The molecule has 0 unspecified atom stereocenters. The topological polar surface area (TPSA) is 78.6 Å². The Labute approximate surface area is 142 Å². The molecule has 2 aromatic rings. The lowest BCUT2D eigenvalue weighted by molar-refractivity contribution is 0.170. The fraction of sp³-hybridized carbons (Fsp3) is 0.333.